The average Bonchev–Trinajstić information content (AvgIpc) is 2.74. The quantitative estimate of drug-likeness (QED) is 0.559. The number of nitrogens with zero attached hydrogens (tertiary/aromatic N) is 1. The molecule has 122 valence electrons. The van der Waals surface area contributed by atoms with Crippen LogP contribution in [0.5, 0.6) is 5.75 Å². The van der Waals surface area contributed by atoms with Crippen molar-refractivity contribution < 1.29 is 23.9 Å². The van der Waals surface area contributed by atoms with Crippen LogP contribution in [0.3, 0.4) is 0 Å². The van der Waals surface area contributed by atoms with Gasteiger partial charge in [0.05, 0.1) is 16.0 Å². The van der Waals surface area contributed by atoms with Gasteiger partial charge in [0.1, 0.15) is 5.75 Å². The molecule has 1 aromatic rings. The number of rotatable bonds is 5. The summed E-state index contributed by atoms with van der Waals surface area (Å²) in [4.78, 5) is 36.0. The fourth-order valence-corrected chi connectivity index (χ4v) is 3.10. The van der Waals surface area contributed by atoms with Crippen molar-refractivity contribution in [2.24, 2.45) is 0 Å². The van der Waals surface area contributed by atoms with Crippen molar-refractivity contribution >= 4 is 50.9 Å². The average molecular weight is 400 g/mol. The summed E-state index contributed by atoms with van der Waals surface area (Å²) in [6.07, 6.45) is 1.63. The summed E-state index contributed by atoms with van der Waals surface area (Å²) in [5, 5.41) is -0.297. The fraction of sp³-hybridized carbons (Fsp3) is 0.267. The first-order chi connectivity index (χ1) is 10.9. The van der Waals surface area contributed by atoms with Crippen molar-refractivity contribution in [3.8, 4) is 5.75 Å². The molecule has 23 heavy (non-hydrogen) atoms. The Morgan fingerprint density at radius 3 is 2.70 bits per heavy atom. The van der Waals surface area contributed by atoms with Crippen LogP contribution in [0.4, 0.5) is 4.79 Å². The van der Waals surface area contributed by atoms with Crippen molar-refractivity contribution in [1.29, 1.82) is 0 Å². The van der Waals surface area contributed by atoms with Gasteiger partial charge in [0.2, 0.25) is 0 Å². The molecule has 0 N–H and O–H groups in total. The molecule has 0 saturated carbocycles. The molecule has 1 saturated heterocycles. The normalized spacial score (nSPS) is 16.1. The number of esters is 1. The van der Waals surface area contributed by atoms with Gasteiger partial charge in [0.15, 0.2) is 6.61 Å². The van der Waals surface area contributed by atoms with E-state index in [9.17, 15) is 14.4 Å². The minimum absolute atomic E-state index is 0.180. The molecule has 8 heteroatoms. The second kappa shape index (κ2) is 7.65. The Morgan fingerprint density at radius 2 is 2.13 bits per heavy atom. The molecule has 0 radical (unpaired) electrons. The van der Waals surface area contributed by atoms with E-state index in [-0.39, 0.29) is 17.8 Å². The SMILES string of the molecule is CCOC(=O)COc1ccc(/C=C2\SC(=O)N(C)C2=O)cc1Br. The van der Waals surface area contributed by atoms with Crippen molar-refractivity contribution in [1.82, 2.24) is 4.90 Å². The number of carbonyl (C=O) groups is 3. The van der Waals surface area contributed by atoms with Gasteiger partial charge < -0.3 is 9.47 Å². The summed E-state index contributed by atoms with van der Waals surface area (Å²) in [6.45, 7) is 1.84. The van der Waals surface area contributed by atoms with E-state index in [2.05, 4.69) is 15.9 Å². The van der Waals surface area contributed by atoms with Crippen molar-refractivity contribution in [2.45, 2.75) is 6.92 Å². The number of ether oxygens (including phenoxy) is 2. The van der Waals surface area contributed by atoms with Crippen molar-refractivity contribution in [2.75, 3.05) is 20.3 Å². The molecule has 0 bridgehead atoms. The topological polar surface area (TPSA) is 72.9 Å². The molecule has 0 aliphatic carbocycles. The Labute approximate surface area is 145 Å². The molecule has 1 aromatic carbocycles. The Hall–Kier alpha value is -1.80. The first-order valence-corrected chi connectivity index (χ1v) is 8.33. The van der Waals surface area contributed by atoms with E-state index < -0.39 is 5.97 Å². The maximum Gasteiger partial charge on any atom is 0.344 e. The molecule has 2 rings (SSSR count). The molecule has 0 spiro atoms. The van der Waals surface area contributed by atoms with E-state index in [1.807, 2.05) is 0 Å². The summed E-state index contributed by atoms with van der Waals surface area (Å²) in [5.74, 6) is -0.280. The number of imide groups is 1. The second-order valence-corrected chi connectivity index (χ2v) is 6.37. The lowest BCUT2D eigenvalue weighted by atomic mass is 10.2. The van der Waals surface area contributed by atoms with Gasteiger partial charge in [-0.3, -0.25) is 14.5 Å². The fourth-order valence-electron chi connectivity index (χ4n) is 1.76. The Balaban J connectivity index is 2.09. The van der Waals surface area contributed by atoms with Gasteiger partial charge in [0.25, 0.3) is 11.1 Å². The zero-order valence-corrected chi connectivity index (χ0v) is 14.9. The van der Waals surface area contributed by atoms with Gasteiger partial charge in [-0.05, 0) is 58.4 Å². The number of amides is 2. The van der Waals surface area contributed by atoms with E-state index in [4.69, 9.17) is 9.47 Å². The third-order valence-corrected chi connectivity index (χ3v) is 4.47. The van der Waals surface area contributed by atoms with Crippen LogP contribution in [0, 0.1) is 0 Å². The monoisotopic (exact) mass is 399 g/mol. The predicted octanol–water partition coefficient (Wildman–Crippen LogP) is 3.06. The maximum absolute atomic E-state index is 11.8. The van der Waals surface area contributed by atoms with Crippen molar-refractivity contribution in [3.05, 3.63) is 33.1 Å². The van der Waals surface area contributed by atoms with Gasteiger partial charge >= 0.3 is 5.97 Å². The number of hydrogen-bond donors (Lipinski definition) is 0. The van der Waals surface area contributed by atoms with Gasteiger partial charge in [-0.25, -0.2) is 4.79 Å². The van der Waals surface area contributed by atoms with Crippen LogP contribution < -0.4 is 4.74 Å². The summed E-state index contributed by atoms with van der Waals surface area (Å²) >= 11 is 4.25. The molecule has 1 fully saturated rings. The lowest BCUT2D eigenvalue weighted by Gasteiger charge is -2.08. The molecule has 0 aromatic heterocycles. The number of thioether (sulfide) groups is 1. The van der Waals surface area contributed by atoms with E-state index in [1.165, 1.54) is 7.05 Å². The van der Waals surface area contributed by atoms with E-state index in [0.717, 1.165) is 22.2 Å². The molecule has 1 aliphatic heterocycles. The molecule has 1 aliphatic rings. The number of carbonyl (C=O) groups excluding carboxylic acids is 3. The van der Waals surface area contributed by atoms with Crippen LogP contribution in [-0.4, -0.2) is 42.3 Å². The van der Waals surface area contributed by atoms with E-state index >= 15 is 0 Å². The second-order valence-electron chi connectivity index (χ2n) is 4.52. The first-order valence-electron chi connectivity index (χ1n) is 6.72. The van der Waals surface area contributed by atoms with Crippen LogP contribution >= 0.6 is 27.7 Å². The third-order valence-electron chi connectivity index (χ3n) is 2.89. The third kappa shape index (κ3) is 4.35. The number of hydrogen-bond acceptors (Lipinski definition) is 6. The molecule has 2 amide bonds. The molecule has 0 atom stereocenters. The molecule has 0 unspecified atom stereocenters. The number of halogens is 1. The first kappa shape index (κ1) is 17.6. The zero-order valence-electron chi connectivity index (χ0n) is 12.5. The minimum atomic E-state index is -0.444. The Kier molecular flexibility index (Phi) is 5.84. The van der Waals surface area contributed by atoms with Gasteiger partial charge in [0, 0.05) is 7.05 Å². The summed E-state index contributed by atoms with van der Waals surface area (Å²) < 4.78 is 10.8. The summed E-state index contributed by atoms with van der Waals surface area (Å²) in [7, 11) is 1.45. The van der Waals surface area contributed by atoms with Crippen LogP contribution in [0.2, 0.25) is 0 Å². The lowest BCUT2D eigenvalue weighted by Crippen LogP contribution is -2.22. The van der Waals surface area contributed by atoms with Gasteiger partial charge in [-0.1, -0.05) is 6.07 Å². The van der Waals surface area contributed by atoms with E-state index in [1.54, 1.807) is 31.2 Å². The Morgan fingerprint density at radius 1 is 1.39 bits per heavy atom. The summed E-state index contributed by atoms with van der Waals surface area (Å²) in [6, 6.07) is 5.14. The highest BCUT2D eigenvalue weighted by molar-refractivity contribution is 9.10. The van der Waals surface area contributed by atoms with Crippen LogP contribution in [0.15, 0.2) is 27.6 Å². The van der Waals surface area contributed by atoms with Crippen LogP contribution in [0.25, 0.3) is 6.08 Å². The van der Waals surface area contributed by atoms with Gasteiger partial charge in [-0.2, -0.15) is 0 Å². The zero-order chi connectivity index (χ0) is 17.0. The lowest BCUT2D eigenvalue weighted by molar-refractivity contribution is -0.145. The molecule has 1 heterocycles. The Bertz CT molecular complexity index is 688. The number of likely N-dealkylation sites (N-methyl/N-ethyl adjacent to an activating group) is 1. The highest BCUT2D eigenvalue weighted by Gasteiger charge is 2.31. The maximum atomic E-state index is 11.8. The highest BCUT2D eigenvalue weighted by atomic mass is 79.9. The van der Waals surface area contributed by atoms with E-state index in [0.29, 0.717) is 21.7 Å². The smallest absolute Gasteiger partial charge is 0.344 e. The predicted molar refractivity (Wildman–Crippen MR) is 90.0 cm³/mol. The summed E-state index contributed by atoms with van der Waals surface area (Å²) in [5.41, 5.74) is 0.735. The standard InChI is InChI=1S/C15H14BrNO5S/c1-3-21-13(18)8-22-11-5-4-9(6-10(11)16)7-12-14(19)17(2)15(20)23-12/h4-7H,3,8H2,1-2H3/b12-7-. The van der Waals surface area contributed by atoms with Crippen LogP contribution in [0.1, 0.15) is 12.5 Å². The minimum Gasteiger partial charge on any atom is -0.481 e. The van der Waals surface area contributed by atoms with Gasteiger partial charge in [-0.15, -0.1) is 0 Å². The molecular formula is C15H14BrNO5S. The van der Waals surface area contributed by atoms with Crippen LogP contribution in [-0.2, 0) is 14.3 Å². The molecule has 6 nitrogen and oxygen atoms in total. The number of benzene rings is 1. The van der Waals surface area contributed by atoms with Crippen molar-refractivity contribution in [3.63, 3.8) is 0 Å². The molecular weight excluding hydrogens is 386 g/mol. The largest absolute Gasteiger partial charge is 0.481 e. The highest BCUT2D eigenvalue weighted by Crippen LogP contribution is 2.33.